The summed E-state index contributed by atoms with van der Waals surface area (Å²) in [7, 11) is 1.55. The van der Waals surface area contributed by atoms with Gasteiger partial charge in [-0.25, -0.2) is 4.90 Å². The van der Waals surface area contributed by atoms with E-state index < -0.39 is 5.91 Å². The zero-order valence-electron chi connectivity index (χ0n) is 15.9. The van der Waals surface area contributed by atoms with Crippen LogP contribution in [-0.2, 0) is 0 Å². The van der Waals surface area contributed by atoms with Crippen molar-refractivity contribution in [3.8, 4) is 5.75 Å². The van der Waals surface area contributed by atoms with Gasteiger partial charge in [-0.2, -0.15) is 0 Å². The number of carbonyl (C=O) groups excluding carboxylic acids is 3. The molecule has 1 heterocycles. The van der Waals surface area contributed by atoms with E-state index in [1.54, 1.807) is 49.6 Å². The zero-order chi connectivity index (χ0) is 20.5. The lowest BCUT2D eigenvalue weighted by Gasteiger charge is -2.16. The van der Waals surface area contributed by atoms with E-state index >= 15 is 0 Å². The molecule has 0 unspecified atom stereocenters. The molecule has 3 amide bonds. The monoisotopic (exact) mass is 386 g/mol. The van der Waals surface area contributed by atoms with Crippen LogP contribution in [0.4, 0.5) is 11.4 Å². The number of amides is 3. The maximum atomic E-state index is 12.9. The number of para-hydroxylation sites is 1. The van der Waals surface area contributed by atoms with E-state index in [1.165, 1.54) is 12.1 Å². The van der Waals surface area contributed by atoms with Crippen LogP contribution in [0.1, 0.15) is 36.6 Å². The molecule has 0 saturated heterocycles. The Balaban J connectivity index is 1.63. The van der Waals surface area contributed by atoms with Gasteiger partial charge in [0.15, 0.2) is 0 Å². The lowest BCUT2D eigenvalue weighted by Crippen LogP contribution is -2.29. The molecule has 0 spiro atoms. The van der Waals surface area contributed by atoms with Crippen LogP contribution in [-0.4, -0.2) is 24.8 Å². The first kappa shape index (κ1) is 18.4. The van der Waals surface area contributed by atoms with Crippen molar-refractivity contribution >= 4 is 29.1 Å². The molecule has 6 nitrogen and oxygen atoms in total. The molecule has 4 rings (SSSR count). The maximum absolute atomic E-state index is 12.9. The number of hydrogen-bond acceptors (Lipinski definition) is 4. The summed E-state index contributed by atoms with van der Waals surface area (Å²) < 4.78 is 5.15. The maximum Gasteiger partial charge on any atom is 0.266 e. The molecular weight excluding hydrogens is 368 g/mol. The van der Waals surface area contributed by atoms with Gasteiger partial charge in [-0.15, -0.1) is 0 Å². The minimum atomic E-state index is -0.435. The second-order valence-electron chi connectivity index (χ2n) is 6.68. The number of anilines is 2. The second kappa shape index (κ2) is 7.24. The van der Waals surface area contributed by atoms with Gasteiger partial charge in [0, 0.05) is 17.3 Å². The molecule has 0 saturated carbocycles. The third-order valence-electron chi connectivity index (χ3n) is 4.83. The number of benzene rings is 3. The smallest absolute Gasteiger partial charge is 0.266 e. The molecule has 0 bridgehead atoms. The Kier molecular flexibility index (Phi) is 4.60. The van der Waals surface area contributed by atoms with Crippen molar-refractivity contribution in [2.75, 3.05) is 17.3 Å². The minimum Gasteiger partial charge on any atom is -0.497 e. The fourth-order valence-corrected chi connectivity index (χ4v) is 3.32. The number of nitrogens with one attached hydrogen (secondary N) is 1. The van der Waals surface area contributed by atoms with Crippen molar-refractivity contribution in [2.24, 2.45) is 0 Å². The van der Waals surface area contributed by atoms with Gasteiger partial charge in [-0.3, -0.25) is 14.4 Å². The Morgan fingerprint density at radius 2 is 1.66 bits per heavy atom. The summed E-state index contributed by atoms with van der Waals surface area (Å²) in [6.45, 7) is 1.84. The summed E-state index contributed by atoms with van der Waals surface area (Å²) in [6, 6.07) is 18.7. The zero-order valence-corrected chi connectivity index (χ0v) is 15.9. The molecule has 1 aliphatic heterocycles. The summed E-state index contributed by atoms with van der Waals surface area (Å²) in [5.41, 5.74) is 2.73. The molecule has 0 aromatic heterocycles. The molecule has 29 heavy (non-hydrogen) atoms. The third-order valence-corrected chi connectivity index (χ3v) is 4.83. The molecule has 0 aliphatic carbocycles. The number of imide groups is 1. The van der Waals surface area contributed by atoms with Crippen LogP contribution in [0.15, 0.2) is 66.7 Å². The van der Waals surface area contributed by atoms with Gasteiger partial charge in [0.25, 0.3) is 17.7 Å². The summed E-state index contributed by atoms with van der Waals surface area (Å²) in [6.07, 6.45) is 0. The highest BCUT2D eigenvalue weighted by Crippen LogP contribution is 2.31. The van der Waals surface area contributed by atoms with Crippen LogP contribution in [0.25, 0.3) is 0 Å². The topological polar surface area (TPSA) is 75.7 Å². The van der Waals surface area contributed by atoms with E-state index in [-0.39, 0.29) is 22.9 Å². The first-order valence-electron chi connectivity index (χ1n) is 9.03. The molecule has 0 fully saturated rings. The van der Waals surface area contributed by atoms with E-state index in [4.69, 9.17) is 4.74 Å². The van der Waals surface area contributed by atoms with Crippen LogP contribution in [0.5, 0.6) is 5.75 Å². The minimum absolute atomic E-state index is 0.219. The summed E-state index contributed by atoms with van der Waals surface area (Å²) in [5.74, 6) is -0.587. The van der Waals surface area contributed by atoms with Gasteiger partial charge in [0.1, 0.15) is 5.75 Å². The van der Waals surface area contributed by atoms with E-state index in [1.807, 2.05) is 19.1 Å². The van der Waals surface area contributed by atoms with Crippen molar-refractivity contribution in [3.05, 3.63) is 89.0 Å². The predicted molar refractivity (Wildman–Crippen MR) is 110 cm³/mol. The number of ether oxygens (including phenoxy) is 1. The number of fused-ring (bicyclic) bond motifs is 1. The van der Waals surface area contributed by atoms with Gasteiger partial charge in [0.05, 0.1) is 23.9 Å². The predicted octanol–water partition coefficient (Wildman–Crippen LogP) is 4.06. The van der Waals surface area contributed by atoms with E-state index in [0.29, 0.717) is 22.7 Å². The van der Waals surface area contributed by atoms with E-state index in [2.05, 4.69) is 5.32 Å². The fourth-order valence-electron chi connectivity index (χ4n) is 3.32. The normalized spacial score (nSPS) is 12.7. The highest BCUT2D eigenvalue weighted by Gasteiger charge is 2.37. The van der Waals surface area contributed by atoms with Gasteiger partial charge >= 0.3 is 0 Å². The molecule has 3 aromatic carbocycles. The lowest BCUT2D eigenvalue weighted by atomic mass is 10.1. The molecule has 1 aliphatic rings. The molecule has 1 N–H and O–H groups in total. The quantitative estimate of drug-likeness (QED) is 0.686. The second-order valence-corrected chi connectivity index (χ2v) is 6.68. The summed E-state index contributed by atoms with van der Waals surface area (Å²) >= 11 is 0. The number of carbonyl (C=O) groups is 3. The average molecular weight is 386 g/mol. The Morgan fingerprint density at radius 1 is 0.897 bits per heavy atom. The van der Waals surface area contributed by atoms with Gasteiger partial charge in [-0.1, -0.05) is 24.3 Å². The Bertz CT molecular complexity index is 1150. The number of hydrogen-bond donors (Lipinski definition) is 1. The molecule has 0 atom stereocenters. The van der Waals surface area contributed by atoms with Crippen molar-refractivity contribution in [1.82, 2.24) is 0 Å². The lowest BCUT2D eigenvalue weighted by molar-refractivity contribution is 0.0925. The molecule has 3 aromatic rings. The van der Waals surface area contributed by atoms with Crippen LogP contribution in [0.3, 0.4) is 0 Å². The molecule has 144 valence electrons. The molecular formula is C23H18N2O4. The van der Waals surface area contributed by atoms with Crippen LogP contribution in [0.2, 0.25) is 0 Å². The largest absolute Gasteiger partial charge is 0.497 e. The van der Waals surface area contributed by atoms with Crippen LogP contribution < -0.4 is 15.0 Å². The SMILES string of the molecule is COc1cccc(NC(=O)c2ccc3c(c2)C(=O)N(c2ccccc2C)C3=O)c1. The van der Waals surface area contributed by atoms with Crippen molar-refractivity contribution in [2.45, 2.75) is 6.92 Å². The summed E-state index contributed by atoms with van der Waals surface area (Å²) in [5, 5.41) is 2.77. The molecule has 0 radical (unpaired) electrons. The molecule has 6 heteroatoms. The number of aryl methyl sites for hydroxylation is 1. The number of rotatable bonds is 4. The number of nitrogens with zero attached hydrogens (tertiary/aromatic N) is 1. The third kappa shape index (κ3) is 3.25. The summed E-state index contributed by atoms with van der Waals surface area (Å²) in [4.78, 5) is 39.5. The Morgan fingerprint density at radius 3 is 2.41 bits per heavy atom. The van der Waals surface area contributed by atoms with Gasteiger partial charge in [0.2, 0.25) is 0 Å². The highest BCUT2D eigenvalue weighted by atomic mass is 16.5. The average Bonchev–Trinajstić information content (AvgIpc) is 2.98. The first-order valence-corrected chi connectivity index (χ1v) is 9.03. The van der Waals surface area contributed by atoms with E-state index in [0.717, 1.165) is 10.5 Å². The fraction of sp³-hybridized carbons (Fsp3) is 0.0870. The van der Waals surface area contributed by atoms with Crippen LogP contribution >= 0.6 is 0 Å². The number of methoxy groups -OCH3 is 1. The highest BCUT2D eigenvalue weighted by molar-refractivity contribution is 6.35. The Labute approximate surface area is 167 Å². The standard InChI is InChI=1S/C23H18N2O4/c1-14-6-3-4-9-20(14)25-22(27)18-11-10-15(12-19(18)23(25)28)21(26)24-16-7-5-8-17(13-16)29-2/h3-13H,1-2H3,(H,24,26). The van der Waals surface area contributed by atoms with Crippen LogP contribution in [0, 0.1) is 6.92 Å². The van der Waals surface area contributed by atoms with Crippen molar-refractivity contribution < 1.29 is 19.1 Å². The first-order chi connectivity index (χ1) is 14.0. The van der Waals surface area contributed by atoms with Gasteiger partial charge < -0.3 is 10.1 Å². The van der Waals surface area contributed by atoms with E-state index in [9.17, 15) is 14.4 Å². The Hall–Kier alpha value is -3.93. The van der Waals surface area contributed by atoms with Crippen molar-refractivity contribution in [3.63, 3.8) is 0 Å². The van der Waals surface area contributed by atoms with Crippen molar-refractivity contribution in [1.29, 1.82) is 0 Å². The van der Waals surface area contributed by atoms with Gasteiger partial charge in [-0.05, 0) is 48.9 Å².